The van der Waals surface area contributed by atoms with Gasteiger partial charge in [-0.25, -0.2) is 0 Å². The Morgan fingerprint density at radius 1 is 0.750 bits per heavy atom. The van der Waals surface area contributed by atoms with E-state index in [2.05, 4.69) is 6.92 Å². The zero-order valence-corrected chi connectivity index (χ0v) is 13.4. The Bertz CT molecular complexity index is 541. The van der Waals surface area contributed by atoms with Gasteiger partial charge in [0.05, 0.1) is 5.92 Å². The molecule has 20 heavy (non-hydrogen) atoms. The van der Waals surface area contributed by atoms with Crippen LogP contribution < -0.4 is 0 Å². The Balaban J connectivity index is 3.41. The molecule has 1 aromatic carbocycles. The van der Waals surface area contributed by atoms with Crippen molar-refractivity contribution < 1.29 is 14.7 Å². The molecule has 2 atom stereocenters. The number of carbonyl (C=O) groups excluding carboxylic acids is 1. The van der Waals surface area contributed by atoms with Crippen LogP contribution in [0.1, 0.15) is 52.0 Å². The number of hydrogen-bond donors (Lipinski definition) is 1. The molecule has 110 valence electrons. The Morgan fingerprint density at radius 3 is 1.45 bits per heavy atom. The minimum Gasteiger partial charge on any atom is -0.481 e. The SMILES string of the molecule is Cc1c(C)c(C)c(C(=O)C(C)C(C)C(=O)O)c(C)c1C. The highest BCUT2D eigenvalue weighted by Gasteiger charge is 2.29. The van der Waals surface area contributed by atoms with E-state index in [-0.39, 0.29) is 5.78 Å². The topological polar surface area (TPSA) is 54.4 Å². The average Bonchev–Trinajstić information content (AvgIpc) is 2.41. The van der Waals surface area contributed by atoms with E-state index >= 15 is 0 Å². The predicted octanol–water partition coefficient (Wildman–Crippen LogP) is 3.77. The van der Waals surface area contributed by atoms with Gasteiger partial charge in [0.1, 0.15) is 0 Å². The number of ketones is 1. The van der Waals surface area contributed by atoms with Crippen molar-refractivity contribution in [3.8, 4) is 0 Å². The van der Waals surface area contributed by atoms with Crippen LogP contribution in [0.2, 0.25) is 0 Å². The highest BCUT2D eigenvalue weighted by molar-refractivity contribution is 6.02. The summed E-state index contributed by atoms with van der Waals surface area (Å²) in [5.41, 5.74) is 6.08. The highest BCUT2D eigenvalue weighted by Crippen LogP contribution is 2.29. The van der Waals surface area contributed by atoms with Gasteiger partial charge in [-0.3, -0.25) is 9.59 Å². The molecule has 0 amide bonds. The van der Waals surface area contributed by atoms with Crippen molar-refractivity contribution >= 4 is 11.8 Å². The Kier molecular flexibility index (Phi) is 4.74. The van der Waals surface area contributed by atoms with Gasteiger partial charge in [-0.1, -0.05) is 13.8 Å². The third-order valence-corrected chi connectivity index (χ3v) is 4.80. The molecule has 1 N–H and O–H groups in total. The van der Waals surface area contributed by atoms with E-state index in [0.29, 0.717) is 5.56 Å². The number of carboxylic acids is 1. The molecule has 0 radical (unpaired) electrons. The lowest BCUT2D eigenvalue weighted by Crippen LogP contribution is -2.27. The average molecular weight is 276 g/mol. The van der Waals surface area contributed by atoms with Gasteiger partial charge >= 0.3 is 5.97 Å². The van der Waals surface area contributed by atoms with E-state index in [4.69, 9.17) is 5.11 Å². The Hall–Kier alpha value is -1.64. The summed E-state index contributed by atoms with van der Waals surface area (Å²) < 4.78 is 0. The number of Topliss-reactive ketones (excluding diaryl/α,β-unsaturated/α-hetero) is 1. The molecule has 1 rings (SSSR count). The molecular weight excluding hydrogens is 252 g/mol. The molecule has 0 spiro atoms. The Labute approximate surface area is 121 Å². The molecule has 1 aromatic rings. The summed E-state index contributed by atoms with van der Waals surface area (Å²) in [5, 5.41) is 9.09. The van der Waals surface area contributed by atoms with Crippen LogP contribution in [0.4, 0.5) is 0 Å². The van der Waals surface area contributed by atoms with Crippen LogP contribution >= 0.6 is 0 Å². The van der Waals surface area contributed by atoms with Crippen molar-refractivity contribution in [1.29, 1.82) is 0 Å². The van der Waals surface area contributed by atoms with Gasteiger partial charge in [-0.05, 0) is 62.4 Å². The normalized spacial score (nSPS) is 13.9. The number of benzene rings is 1. The smallest absolute Gasteiger partial charge is 0.306 e. The number of carbonyl (C=O) groups is 2. The third-order valence-electron chi connectivity index (χ3n) is 4.80. The molecule has 0 bridgehead atoms. The van der Waals surface area contributed by atoms with Crippen molar-refractivity contribution in [3.63, 3.8) is 0 Å². The second-order valence-corrected chi connectivity index (χ2v) is 5.78. The fourth-order valence-corrected chi connectivity index (χ4v) is 2.54. The highest BCUT2D eigenvalue weighted by atomic mass is 16.4. The molecule has 3 nitrogen and oxygen atoms in total. The second-order valence-electron chi connectivity index (χ2n) is 5.78. The van der Waals surface area contributed by atoms with Crippen molar-refractivity contribution in [2.75, 3.05) is 0 Å². The van der Waals surface area contributed by atoms with Crippen LogP contribution in [0.25, 0.3) is 0 Å². The van der Waals surface area contributed by atoms with E-state index < -0.39 is 17.8 Å². The van der Waals surface area contributed by atoms with Crippen molar-refractivity contribution in [2.45, 2.75) is 48.5 Å². The van der Waals surface area contributed by atoms with Gasteiger partial charge in [-0.2, -0.15) is 0 Å². The van der Waals surface area contributed by atoms with Crippen LogP contribution in [0.3, 0.4) is 0 Å². The maximum atomic E-state index is 12.7. The molecule has 0 fully saturated rings. The van der Waals surface area contributed by atoms with Gasteiger partial charge in [0, 0.05) is 11.5 Å². The lowest BCUT2D eigenvalue weighted by molar-refractivity contribution is -0.142. The first-order chi connectivity index (χ1) is 9.11. The second kappa shape index (κ2) is 5.78. The van der Waals surface area contributed by atoms with Crippen LogP contribution in [0.15, 0.2) is 0 Å². The van der Waals surface area contributed by atoms with Gasteiger partial charge in [0.2, 0.25) is 0 Å². The quantitative estimate of drug-likeness (QED) is 0.852. The summed E-state index contributed by atoms with van der Waals surface area (Å²) in [6, 6.07) is 0. The van der Waals surface area contributed by atoms with Crippen molar-refractivity contribution in [1.82, 2.24) is 0 Å². The molecule has 2 unspecified atom stereocenters. The lowest BCUT2D eigenvalue weighted by Gasteiger charge is -2.21. The molecule has 0 aromatic heterocycles. The molecule has 0 saturated carbocycles. The van der Waals surface area contributed by atoms with Crippen LogP contribution in [-0.4, -0.2) is 16.9 Å². The fraction of sp³-hybridized carbons (Fsp3) is 0.529. The van der Waals surface area contributed by atoms with Crippen LogP contribution in [0, 0.1) is 46.5 Å². The predicted molar refractivity (Wildman–Crippen MR) is 80.4 cm³/mol. The monoisotopic (exact) mass is 276 g/mol. The third kappa shape index (κ3) is 2.62. The molecule has 0 saturated heterocycles. The van der Waals surface area contributed by atoms with Gasteiger partial charge in [0.15, 0.2) is 5.78 Å². The Morgan fingerprint density at radius 2 is 1.10 bits per heavy atom. The number of hydrogen-bond acceptors (Lipinski definition) is 2. The van der Waals surface area contributed by atoms with E-state index in [9.17, 15) is 9.59 Å². The van der Waals surface area contributed by atoms with E-state index in [1.807, 2.05) is 27.7 Å². The summed E-state index contributed by atoms with van der Waals surface area (Å²) in [4.78, 5) is 23.8. The standard InChI is InChI=1S/C17H24O3/c1-8-9(2)11(4)15(12(5)10(8)3)16(18)13(6)14(7)17(19)20/h13-14H,1-7H3,(H,19,20). The first-order valence-electron chi connectivity index (χ1n) is 6.95. The van der Waals surface area contributed by atoms with Crippen molar-refractivity contribution in [3.05, 3.63) is 33.4 Å². The molecule has 0 aliphatic carbocycles. The molecule has 0 aliphatic rings. The lowest BCUT2D eigenvalue weighted by atomic mass is 9.81. The van der Waals surface area contributed by atoms with Crippen LogP contribution in [-0.2, 0) is 4.79 Å². The van der Waals surface area contributed by atoms with Crippen molar-refractivity contribution in [2.24, 2.45) is 11.8 Å². The maximum absolute atomic E-state index is 12.7. The first kappa shape index (κ1) is 16.4. The first-order valence-corrected chi connectivity index (χ1v) is 6.95. The van der Waals surface area contributed by atoms with E-state index in [1.54, 1.807) is 13.8 Å². The summed E-state index contributed by atoms with van der Waals surface area (Å²) in [6.45, 7) is 13.3. The summed E-state index contributed by atoms with van der Waals surface area (Å²) >= 11 is 0. The van der Waals surface area contributed by atoms with Gasteiger partial charge < -0.3 is 5.11 Å². The number of rotatable bonds is 4. The zero-order valence-electron chi connectivity index (χ0n) is 13.4. The zero-order chi connectivity index (χ0) is 15.8. The van der Waals surface area contributed by atoms with Gasteiger partial charge in [0.25, 0.3) is 0 Å². The van der Waals surface area contributed by atoms with Gasteiger partial charge in [-0.15, -0.1) is 0 Å². The van der Waals surface area contributed by atoms with E-state index in [1.165, 1.54) is 5.56 Å². The van der Waals surface area contributed by atoms with Crippen LogP contribution in [0.5, 0.6) is 0 Å². The molecule has 0 aliphatic heterocycles. The molecular formula is C17H24O3. The minimum atomic E-state index is -0.929. The molecule has 3 heteroatoms. The fourth-order valence-electron chi connectivity index (χ4n) is 2.54. The summed E-state index contributed by atoms with van der Waals surface area (Å²) in [6.07, 6.45) is 0. The maximum Gasteiger partial charge on any atom is 0.306 e. The minimum absolute atomic E-state index is 0.0684. The molecule has 0 heterocycles. The summed E-state index contributed by atoms with van der Waals surface area (Å²) in [5.74, 6) is -2.20. The number of carboxylic acid groups (broad SMARTS) is 1. The number of aliphatic carboxylic acids is 1. The largest absolute Gasteiger partial charge is 0.481 e. The summed E-state index contributed by atoms with van der Waals surface area (Å²) in [7, 11) is 0. The van der Waals surface area contributed by atoms with E-state index in [0.717, 1.165) is 22.3 Å².